The third-order valence-corrected chi connectivity index (χ3v) is 3.56. The molecular weight excluding hydrogens is 292 g/mol. The van der Waals surface area contributed by atoms with E-state index in [4.69, 9.17) is 0 Å². The molecule has 0 radical (unpaired) electrons. The number of nitrogens with one attached hydrogen (secondary N) is 1. The summed E-state index contributed by atoms with van der Waals surface area (Å²) in [5.74, 6) is 0.440. The first-order valence-electron chi connectivity index (χ1n) is 6.16. The largest absolute Gasteiger partial charge is 0.335 e. The van der Waals surface area contributed by atoms with Gasteiger partial charge in [-0.05, 0) is 30.5 Å². The lowest BCUT2D eigenvalue weighted by molar-refractivity contribution is 0.200. The van der Waals surface area contributed by atoms with Crippen LogP contribution < -0.4 is 5.32 Å². The molecule has 18 heavy (non-hydrogen) atoms. The predicted molar refractivity (Wildman–Crippen MR) is 78.4 cm³/mol. The van der Waals surface area contributed by atoms with Crippen LogP contribution in [-0.4, -0.2) is 24.0 Å². The van der Waals surface area contributed by atoms with Gasteiger partial charge in [-0.15, -0.1) is 0 Å². The summed E-state index contributed by atoms with van der Waals surface area (Å²) in [7, 11) is 1.81. The van der Waals surface area contributed by atoms with Crippen molar-refractivity contribution in [1.82, 2.24) is 10.2 Å². The van der Waals surface area contributed by atoms with E-state index in [1.807, 2.05) is 38.2 Å². The van der Waals surface area contributed by atoms with Crippen LogP contribution in [0, 0.1) is 5.92 Å². The maximum atomic E-state index is 11.9. The molecule has 0 aliphatic rings. The van der Waals surface area contributed by atoms with Gasteiger partial charge in [0.25, 0.3) is 0 Å². The number of benzene rings is 1. The number of hydrogen-bond donors (Lipinski definition) is 1. The van der Waals surface area contributed by atoms with Crippen LogP contribution in [0.5, 0.6) is 0 Å². The summed E-state index contributed by atoms with van der Waals surface area (Å²) in [5.41, 5.74) is 1.12. The maximum absolute atomic E-state index is 11.9. The zero-order chi connectivity index (χ0) is 13.7. The summed E-state index contributed by atoms with van der Waals surface area (Å²) in [6, 6.07) is 8.15. The Kier molecular flexibility index (Phi) is 5.66. The van der Waals surface area contributed by atoms with E-state index in [2.05, 4.69) is 35.1 Å². The van der Waals surface area contributed by atoms with Crippen LogP contribution >= 0.6 is 15.9 Å². The van der Waals surface area contributed by atoms with E-state index in [-0.39, 0.29) is 12.1 Å². The highest BCUT2D eigenvalue weighted by molar-refractivity contribution is 9.10. The third-order valence-electron chi connectivity index (χ3n) is 3.03. The highest BCUT2D eigenvalue weighted by atomic mass is 79.9. The minimum Gasteiger partial charge on any atom is -0.335 e. The van der Waals surface area contributed by atoms with Crippen LogP contribution in [0.3, 0.4) is 0 Å². The lowest BCUT2D eigenvalue weighted by atomic mass is 10.1. The van der Waals surface area contributed by atoms with Gasteiger partial charge in [0.1, 0.15) is 0 Å². The zero-order valence-corrected chi connectivity index (χ0v) is 13.0. The summed E-state index contributed by atoms with van der Waals surface area (Å²) in [6.45, 7) is 6.83. The second-order valence-electron chi connectivity index (χ2n) is 4.96. The molecule has 100 valence electrons. The van der Waals surface area contributed by atoms with E-state index in [0.717, 1.165) is 10.0 Å². The molecule has 1 aromatic carbocycles. The number of carbonyl (C=O) groups is 1. The molecule has 0 aliphatic carbocycles. The van der Waals surface area contributed by atoms with Crippen LogP contribution in [0.4, 0.5) is 4.79 Å². The predicted octanol–water partition coefficient (Wildman–Crippen LogP) is 3.64. The van der Waals surface area contributed by atoms with Gasteiger partial charge < -0.3 is 10.2 Å². The molecule has 0 saturated carbocycles. The van der Waals surface area contributed by atoms with Crippen LogP contribution in [0.2, 0.25) is 0 Å². The van der Waals surface area contributed by atoms with Crippen molar-refractivity contribution in [3.63, 3.8) is 0 Å². The molecule has 0 spiro atoms. The Morgan fingerprint density at radius 2 is 1.83 bits per heavy atom. The Labute approximate surface area is 118 Å². The number of carbonyl (C=O) groups excluding carboxylic acids is 1. The van der Waals surface area contributed by atoms with Crippen LogP contribution in [0.25, 0.3) is 0 Å². The molecule has 4 heteroatoms. The number of amides is 2. The van der Waals surface area contributed by atoms with Gasteiger partial charge in [0.15, 0.2) is 0 Å². The second kappa shape index (κ2) is 6.78. The zero-order valence-electron chi connectivity index (χ0n) is 11.4. The molecule has 0 fully saturated rings. The summed E-state index contributed by atoms with van der Waals surface area (Å²) in [4.78, 5) is 13.6. The molecule has 0 heterocycles. The average molecular weight is 313 g/mol. The van der Waals surface area contributed by atoms with Crippen molar-refractivity contribution in [2.24, 2.45) is 5.92 Å². The van der Waals surface area contributed by atoms with Crippen LogP contribution in [0.15, 0.2) is 28.7 Å². The van der Waals surface area contributed by atoms with Crippen molar-refractivity contribution in [3.8, 4) is 0 Å². The van der Waals surface area contributed by atoms with E-state index in [9.17, 15) is 4.79 Å². The smallest absolute Gasteiger partial charge is 0.317 e. The van der Waals surface area contributed by atoms with E-state index in [1.165, 1.54) is 0 Å². The van der Waals surface area contributed by atoms with Gasteiger partial charge >= 0.3 is 6.03 Å². The summed E-state index contributed by atoms with van der Waals surface area (Å²) < 4.78 is 1.05. The Morgan fingerprint density at radius 1 is 1.28 bits per heavy atom. The number of nitrogens with zero attached hydrogens (tertiary/aromatic N) is 1. The van der Waals surface area contributed by atoms with Gasteiger partial charge in [-0.25, -0.2) is 4.79 Å². The van der Waals surface area contributed by atoms with Gasteiger partial charge in [-0.2, -0.15) is 0 Å². The van der Waals surface area contributed by atoms with Crippen molar-refractivity contribution in [3.05, 3.63) is 34.3 Å². The third kappa shape index (κ3) is 4.69. The number of halogens is 1. The van der Waals surface area contributed by atoms with Gasteiger partial charge in [-0.3, -0.25) is 0 Å². The fourth-order valence-electron chi connectivity index (χ4n) is 1.41. The first-order valence-corrected chi connectivity index (χ1v) is 6.95. The molecule has 1 N–H and O–H groups in total. The molecule has 3 nitrogen and oxygen atoms in total. The van der Waals surface area contributed by atoms with Crippen molar-refractivity contribution in [1.29, 1.82) is 0 Å². The summed E-state index contributed by atoms with van der Waals surface area (Å²) in [6.07, 6.45) is 0. The van der Waals surface area contributed by atoms with Crippen molar-refractivity contribution < 1.29 is 4.79 Å². The minimum absolute atomic E-state index is 0.0286. The van der Waals surface area contributed by atoms with Gasteiger partial charge in [0.05, 0.1) is 0 Å². The molecule has 0 aliphatic heterocycles. The summed E-state index contributed by atoms with van der Waals surface area (Å²) in [5, 5.41) is 2.99. The molecule has 1 atom stereocenters. The van der Waals surface area contributed by atoms with Crippen molar-refractivity contribution in [2.75, 3.05) is 7.05 Å². The Hall–Kier alpha value is -1.03. The fourth-order valence-corrected chi connectivity index (χ4v) is 1.67. The standard InChI is InChI=1S/C14H21BrN2O/c1-10(2)11(3)16-14(18)17(4)9-12-5-7-13(15)8-6-12/h5-8,10-11H,9H2,1-4H3,(H,16,18). The summed E-state index contributed by atoms with van der Waals surface area (Å²) >= 11 is 3.40. The van der Waals surface area contributed by atoms with Crippen LogP contribution in [-0.2, 0) is 6.54 Å². The first-order chi connectivity index (χ1) is 8.40. The fraction of sp³-hybridized carbons (Fsp3) is 0.500. The van der Waals surface area contributed by atoms with Crippen molar-refractivity contribution in [2.45, 2.75) is 33.4 Å². The monoisotopic (exact) mass is 312 g/mol. The minimum atomic E-state index is -0.0286. The molecule has 0 saturated heterocycles. The SMILES string of the molecule is CC(C)C(C)NC(=O)N(C)Cc1ccc(Br)cc1. The topological polar surface area (TPSA) is 32.3 Å². The van der Waals surface area contributed by atoms with E-state index >= 15 is 0 Å². The second-order valence-corrected chi connectivity index (χ2v) is 5.88. The molecule has 2 amide bonds. The van der Waals surface area contributed by atoms with Crippen LogP contribution in [0.1, 0.15) is 26.3 Å². The van der Waals surface area contributed by atoms with Gasteiger partial charge in [0.2, 0.25) is 0 Å². The first kappa shape index (κ1) is 15.0. The molecule has 0 aromatic heterocycles. The molecular formula is C14H21BrN2O. The number of hydrogen-bond acceptors (Lipinski definition) is 1. The number of rotatable bonds is 4. The Morgan fingerprint density at radius 3 is 2.33 bits per heavy atom. The molecule has 1 unspecified atom stereocenters. The lowest BCUT2D eigenvalue weighted by Crippen LogP contribution is -2.43. The number of urea groups is 1. The van der Waals surface area contributed by atoms with E-state index in [1.54, 1.807) is 4.90 Å². The van der Waals surface area contributed by atoms with Crippen molar-refractivity contribution >= 4 is 22.0 Å². The Bertz CT molecular complexity index is 389. The average Bonchev–Trinajstić information content (AvgIpc) is 2.31. The van der Waals surface area contributed by atoms with E-state index < -0.39 is 0 Å². The van der Waals surface area contributed by atoms with Gasteiger partial charge in [-0.1, -0.05) is 41.9 Å². The highest BCUT2D eigenvalue weighted by Gasteiger charge is 2.14. The highest BCUT2D eigenvalue weighted by Crippen LogP contribution is 2.12. The van der Waals surface area contributed by atoms with E-state index in [0.29, 0.717) is 12.5 Å². The quantitative estimate of drug-likeness (QED) is 0.904. The molecule has 0 bridgehead atoms. The normalized spacial score (nSPS) is 12.3. The molecule has 1 rings (SSSR count). The Balaban J connectivity index is 2.52. The molecule has 1 aromatic rings. The van der Waals surface area contributed by atoms with Gasteiger partial charge in [0, 0.05) is 24.1 Å². The maximum Gasteiger partial charge on any atom is 0.317 e. The lowest BCUT2D eigenvalue weighted by Gasteiger charge is -2.23.